The number of aliphatic hydroxyl groups excluding tert-OH is 3. The van der Waals surface area contributed by atoms with E-state index in [1.165, 1.54) is 4.68 Å². The minimum atomic E-state index is -1.94. The summed E-state index contributed by atoms with van der Waals surface area (Å²) >= 11 is 0. The van der Waals surface area contributed by atoms with E-state index < -0.39 is 32.4 Å². The van der Waals surface area contributed by atoms with Gasteiger partial charge in [-0.05, 0) is 0 Å². The molecule has 0 unspecified atom stereocenters. The molecule has 2 fully saturated rings. The molecule has 1 aromatic heterocycles. The summed E-state index contributed by atoms with van der Waals surface area (Å²) in [5, 5.41) is 41.9. The molecule has 3 heterocycles. The Labute approximate surface area is 159 Å². The third-order valence-electron chi connectivity index (χ3n) is 5.12. The lowest BCUT2D eigenvalue weighted by Crippen LogP contribution is -2.49. The molecule has 10 nitrogen and oxygen atoms in total. The summed E-state index contributed by atoms with van der Waals surface area (Å²) in [5.41, 5.74) is 0.451. The molecule has 4 atom stereocenters. The molecule has 0 spiro atoms. The Bertz CT molecular complexity index is 673. The van der Waals surface area contributed by atoms with Gasteiger partial charge in [0, 0.05) is 13.1 Å². The van der Waals surface area contributed by atoms with Gasteiger partial charge in [-0.2, -0.15) is 0 Å². The average Bonchev–Trinajstić information content (AvgIpc) is 3.18. The van der Waals surface area contributed by atoms with Gasteiger partial charge in [0.25, 0.3) is 5.91 Å². The third kappa shape index (κ3) is 4.07. The number of nitrogens with one attached hydrogen (secondary N) is 1. The standard InChI is InChI=1S/C16H29N5O5Si/c1-27(2,3)15-12(16(25)20-4-6-26-7-5-20)21(19-18-15)8-10-13(23)14(24)11(9-22)17-10/h10-11,13-14,17,22-24H,4-9H2,1-3H3/t10-,11-,13-,14-/m1/s1. The van der Waals surface area contributed by atoms with Crippen LogP contribution in [0.4, 0.5) is 0 Å². The molecular formula is C16H29N5O5Si. The van der Waals surface area contributed by atoms with Crippen molar-refractivity contribution >= 4 is 19.3 Å². The summed E-state index contributed by atoms with van der Waals surface area (Å²) in [5.74, 6) is -0.132. The van der Waals surface area contributed by atoms with E-state index in [-0.39, 0.29) is 19.1 Å². The van der Waals surface area contributed by atoms with E-state index in [1.807, 2.05) is 0 Å². The van der Waals surface area contributed by atoms with Gasteiger partial charge in [-0.25, -0.2) is 4.68 Å². The Morgan fingerprint density at radius 1 is 1.22 bits per heavy atom. The monoisotopic (exact) mass is 399 g/mol. The maximum absolute atomic E-state index is 13.2. The van der Waals surface area contributed by atoms with E-state index in [4.69, 9.17) is 4.74 Å². The quantitative estimate of drug-likeness (QED) is 0.395. The summed E-state index contributed by atoms with van der Waals surface area (Å²) in [4.78, 5) is 15.0. The molecule has 0 radical (unpaired) electrons. The van der Waals surface area contributed by atoms with Crippen molar-refractivity contribution in [1.82, 2.24) is 25.2 Å². The van der Waals surface area contributed by atoms with Crippen LogP contribution in [0.5, 0.6) is 0 Å². The summed E-state index contributed by atoms with van der Waals surface area (Å²) < 4.78 is 6.86. The number of carbonyl (C=O) groups excluding carboxylic acids is 1. The molecule has 152 valence electrons. The third-order valence-corrected chi connectivity index (χ3v) is 6.87. The van der Waals surface area contributed by atoms with Crippen LogP contribution >= 0.6 is 0 Å². The Kier molecular flexibility index (Phi) is 5.98. The van der Waals surface area contributed by atoms with Crippen LogP contribution < -0.4 is 10.6 Å². The number of hydrogen-bond acceptors (Lipinski definition) is 8. The lowest BCUT2D eigenvalue weighted by molar-refractivity contribution is 0.0171. The highest BCUT2D eigenvalue weighted by Gasteiger charge is 2.42. The smallest absolute Gasteiger partial charge is 0.273 e. The first-order valence-corrected chi connectivity index (χ1v) is 12.8. The fourth-order valence-corrected chi connectivity index (χ4v) is 4.82. The Morgan fingerprint density at radius 2 is 1.85 bits per heavy atom. The van der Waals surface area contributed by atoms with Crippen LogP contribution in [-0.2, 0) is 11.3 Å². The summed E-state index contributed by atoms with van der Waals surface area (Å²) in [6, 6.07) is -1.15. The summed E-state index contributed by atoms with van der Waals surface area (Å²) in [6.45, 7) is 8.24. The van der Waals surface area contributed by atoms with Gasteiger partial charge >= 0.3 is 0 Å². The molecule has 1 aromatic rings. The largest absolute Gasteiger partial charge is 0.395 e. The number of rotatable bonds is 5. The first-order valence-electron chi connectivity index (χ1n) is 9.28. The van der Waals surface area contributed by atoms with E-state index in [0.29, 0.717) is 32.0 Å². The van der Waals surface area contributed by atoms with Gasteiger partial charge in [0.15, 0.2) is 0 Å². The molecule has 27 heavy (non-hydrogen) atoms. The lowest BCUT2D eigenvalue weighted by atomic mass is 10.1. The predicted molar refractivity (Wildman–Crippen MR) is 99.5 cm³/mol. The van der Waals surface area contributed by atoms with Crippen LogP contribution in [0.1, 0.15) is 10.5 Å². The SMILES string of the molecule is C[Si](C)(C)c1nnn(C[C@H]2N[C@H](CO)[C@@H](O)[C@@H]2O)c1C(=O)N1CCOCC1. The lowest BCUT2D eigenvalue weighted by Gasteiger charge is -2.28. The Morgan fingerprint density at radius 3 is 2.41 bits per heavy atom. The maximum Gasteiger partial charge on any atom is 0.273 e. The van der Waals surface area contributed by atoms with Crippen LogP contribution in [0.15, 0.2) is 0 Å². The van der Waals surface area contributed by atoms with Crippen molar-refractivity contribution in [3.8, 4) is 0 Å². The zero-order valence-electron chi connectivity index (χ0n) is 16.0. The van der Waals surface area contributed by atoms with Crippen molar-refractivity contribution in [2.45, 2.75) is 50.5 Å². The highest BCUT2D eigenvalue weighted by Crippen LogP contribution is 2.17. The van der Waals surface area contributed by atoms with Crippen LogP contribution in [0.25, 0.3) is 0 Å². The first-order chi connectivity index (χ1) is 12.7. The highest BCUT2D eigenvalue weighted by molar-refractivity contribution is 6.88. The number of morpholine rings is 1. The molecule has 2 aliphatic heterocycles. The van der Waals surface area contributed by atoms with Gasteiger partial charge in [0.05, 0.1) is 56.0 Å². The second kappa shape index (κ2) is 7.93. The number of hydrogen-bond donors (Lipinski definition) is 4. The fraction of sp³-hybridized carbons (Fsp3) is 0.812. The van der Waals surface area contributed by atoms with Crippen molar-refractivity contribution in [1.29, 1.82) is 0 Å². The van der Waals surface area contributed by atoms with Gasteiger partial charge in [0.1, 0.15) is 13.8 Å². The second-order valence-corrected chi connectivity index (χ2v) is 13.1. The number of amides is 1. The molecule has 0 aliphatic carbocycles. The normalized spacial score (nSPS) is 29.3. The fourth-order valence-electron chi connectivity index (χ4n) is 3.53. The zero-order valence-corrected chi connectivity index (χ0v) is 17.0. The van der Waals surface area contributed by atoms with Gasteiger partial charge in [-0.15, -0.1) is 5.10 Å². The minimum absolute atomic E-state index is 0.132. The van der Waals surface area contributed by atoms with Gasteiger partial charge in [-0.1, -0.05) is 24.9 Å². The molecule has 3 rings (SSSR count). The van der Waals surface area contributed by atoms with Crippen molar-refractivity contribution in [3.63, 3.8) is 0 Å². The molecule has 0 aromatic carbocycles. The topological polar surface area (TPSA) is 133 Å². The van der Waals surface area contributed by atoms with Crippen molar-refractivity contribution in [3.05, 3.63) is 5.69 Å². The second-order valence-electron chi connectivity index (χ2n) is 8.17. The maximum atomic E-state index is 13.2. The minimum Gasteiger partial charge on any atom is -0.395 e. The van der Waals surface area contributed by atoms with Crippen molar-refractivity contribution in [2.24, 2.45) is 0 Å². The van der Waals surface area contributed by atoms with Crippen LogP contribution in [-0.4, -0.2) is 106 Å². The molecule has 2 aliphatic rings. The molecular weight excluding hydrogens is 370 g/mol. The summed E-state index contributed by atoms with van der Waals surface area (Å²) in [6.07, 6.45) is -2.13. The van der Waals surface area contributed by atoms with Crippen LogP contribution in [0, 0.1) is 0 Å². The molecule has 4 N–H and O–H groups in total. The molecule has 11 heteroatoms. The van der Waals surface area contributed by atoms with Gasteiger partial charge in [-0.3, -0.25) is 4.79 Å². The summed E-state index contributed by atoms with van der Waals surface area (Å²) in [7, 11) is -1.94. The molecule has 0 saturated carbocycles. The number of ether oxygens (including phenoxy) is 1. The number of carbonyl (C=O) groups is 1. The van der Waals surface area contributed by atoms with E-state index in [9.17, 15) is 20.1 Å². The first kappa shape index (κ1) is 20.4. The molecule has 2 saturated heterocycles. The van der Waals surface area contributed by atoms with Crippen molar-refractivity contribution in [2.75, 3.05) is 32.9 Å². The average molecular weight is 400 g/mol. The van der Waals surface area contributed by atoms with Crippen LogP contribution in [0.3, 0.4) is 0 Å². The Balaban J connectivity index is 1.89. The van der Waals surface area contributed by atoms with Crippen LogP contribution in [0.2, 0.25) is 19.6 Å². The van der Waals surface area contributed by atoms with Crippen molar-refractivity contribution < 1.29 is 24.9 Å². The predicted octanol–water partition coefficient (Wildman–Crippen LogP) is -2.65. The van der Waals surface area contributed by atoms with Gasteiger partial charge in [0.2, 0.25) is 0 Å². The zero-order chi connectivity index (χ0) is 19.8. The number of nitrogens with zero attached hydrogens (tertiary/aromatic N) is 4. The van der Waals surface area contributed by atoms with E-state index in [1.54, 1.807) is 4.90 Å². The molecule has 0 bridgehead atoms. The highest BCUT2D eigenvalue weighted by atomic mass is 28.3. The Hall–Kier alpha value is -1.37. The number of aliphatic hydroxyl groups is 3. The van der Waals surface area contributed by atoms with Gasteiger partial charge < -0.3 is 30.3 Å². The number of aromatic nitrogens is 3. The van der Waals surface area contributed by atoms with E-state index in [2.05, 4.69) is 35.3 Å². The van der Waals surface area contributed by atoms with E-state index >= 15 is 0 Å². The molecule has 1 amide bonds. The van der Waals surface area contributed by atoms with E-state index in [0.717, 1.165) is 5.32 Å².